The van der Waals surface area contributed by atoms with Gasteiger partial charge in [-0.25, -0.2) is 4.68 Å². The quantitative estimate of drug-likeness (QED) is 0.758. The van der Waals surface area contributed by atoms with Crippen molar-refractivity contribution in [1.82, 2.24) is 19.7 Å². The Morgan fingerprint density at radius 1 is 1.14 bits per heavy atom. The highest BCUT2D eigenvalue weighted by Gasteiger charge is 2.27. The van der Waals surface area contributed by atoms with Crippen LogP contribution in [-0.4, -0.2) is 40.0 Å². The molecule has 0 atom stereocenters. The molecule has 1 aromatic heterocycles. The molecular formula is C19H23N5O4. The van der Waals surface area contributed by atoms with Gasteiger partial charge in [-0.15, -0.1) is 5.10 Å². The molecule has 1 N–H and O–H groups in total. The van der Waals surface area contributed by atoms with Crippen molar-refractivity contribution in [2.24, 2.45) is 0 Å². The second-order valence-electron chi connectivity index (χ2n) is 7.12. The van der Waals surface area contributed by atoms with E-state index in [2.05, 4.69) is 10.4 Å². The van der Waals surface area contributed by atoms with Crippen LogP contribution in [0.15, 0.2) is 33.9 Å². The Labute approximate surface area is 161 Å². The van der Waals surface area contributed by atoms with Crippen molar-refractivity contribution in [3.8, 4) is 5.75 Å². The number of hydrogen-bond donors (Lipinski definition) is 1. The number of aromatic nitrogens is 3. The van der Waals surface area contributed by atoms with E-state index < -0.39 is 11.1 Å². The largest absolute Gasteiger partial charge is 0.497 e. The summed E-state index contributed by atoms with van der Waals surface area (Å²) >= 11 is 0. The fourth-order valence-electron chi connectivity index (χ4n) is 3.82. The molecule has 2 aromatic rings. The van der Waals surface area contributed by atoms with Gasteiger partial charge in [0.2, 0.25) is 11.9 Å². The summed E-state index contributed by atoms with van der Waals surface area (Å²) in [5.41, 5.74) is -0.601. The first-order valence-electron chi connectivity index (χ1n) is 9.50. The summed E-state index contributed by atoms with van der Waals surface area (Å²) in [4.78, 5) is 39.0. The summed E-state index contributed by atoms with van der Waals surface area (Å²) < 4.78 is 7.51. The number of rotatable bonds is 5. The standard InChI is InChI=1S/C19H23N5O4/c1-28-15-8-6-14(7-9-15)22-10-11-23-17(26)18(27)24(21-19(22)23)12-16(25)20-13-4-2-3-5-13/h6-9,13H,2-5,10-12H2,1H3,(H,20,25). The molecule has 1 aliphatic heterocycles. The first kappa shape index (κ1) is 18.3. The third-order valence-corrected chi connectivity index (χ3v) is 5.30. The van der Waals surface area contributed by atoms with Gasteiger partial charge >= 0.3 is 11.1 Å². The lowest BCUT2D eigenvalue weighted by molar-refractivity contribution is -0.122. The monoisotopic (exact) mass is 385 g/mol. The number of carbonyl (C=O) groups excluding carboxylic acids is 1. The molecule has 0 saturated heterocycles. The van der Waals surface area contributed by atoms with Gasteiger partial charge in [0.05, 0.1) is 7.11 Å². The topological polar surface area (TPSA) is 98.5 Å². The van der Waals surface area contributed by atoms with Crippen LogP contribution in [0.1, 0.15) is 25.7 Å². The number of benzene rings is 1. The minimum absolute atomic E-state index is 0.148. The van der Waals surface area contributed by atoms with E-state index in [1.54, 1.807) is 7.11 Å². The van der Waals surface area contributed by atoms with Gasteiger partial charge in [0, 0.05) is 24.8 Å². The Hall–Kier alpha value is -3.10. The number of nitrogens with one attached hydrogen (secondary N) is 1. The minimum atomic E-state index is -0.776. The summed E-state index contributed by atoms with van der Waals surface area (Å²) in [6.45, 7) is 0.638. The van der Waals surface area contributed by atoms with E-state index >= 15 is 0 Å². The Morgan fingerprint density at radius 2 is 1.86 bits per heavy atom. The Bertz CT molecular complexity index is 989. The normalized spacial score (nSPS) is 16.2. The zero-order chi connectivity index (χ0) is 19.7. The lowest BCUT2D eigenvalue weighted by Gasteiger charge is -2.18. The summed E-state index contributed by atoms with van der Waals surface area (Å²) in [5.74, 6) is 0.796. The van der Waals surface area contributed by atoms with E-state index in [0.29, 0.717) is 19.0 Å². The highest BCUT2D eigenvalue weighted by atomic mass is 16.5. The molecule has 0 unspecified atom stereocenters. The van der Waals surface area contributed by atoms with Gasteiger partial charge in [0.25, 0.3) is 0 Å². The molecule has 0 spiro atoms. The third kappa shape index (κ3) is 3.39. The molecule has 1 aromatic carbocycles. The maximum Gasteiger partial charge on any atom is 0.333 e. The highest BCUT2D eigenvalue weighted by Crippen LogP contribution is 2.27. The summed E-state index contributed by atoms with van der Waals surface area (Å²) in [6, 6.07) is 7.52. The average molecular weight is 385 g/mol. The second kappa shape index (κ2) is 7.49. The van der Waals surface area contributed by atoms with Crippen molar-refractivity contribution in [3.63, 3.8) is 0 Å². The molecule has 0 bridgehead atoms. The fourth-order valence-corrected chi connectivity index (χ4v) is 3.82. The predicted molar refractivity (Wildman–Crippen MR) is 103 cm³/mol. The molecule has 1 amide bonds. The first-order chi connectivity index (χ1) is 13.6. The van der Waals surface area contributed by atoms with E-state index in [-0.39, 0.29) is 18.5 Å². The van der Waals surface area contributed by atoms with Crippen LogP contribution in [0.5, 0.6) is 5.75 Å². The Balaban J connectivity index is 1.61. The number of fused-ring (bicyclic) bond motifs is 1. The van der Waals surface area contributed by atoms with E-state index in [0.717, 1.165) is 41.8 Å². The van der Waals surface area contributed by atoms with Crippen molar-refractivity contribution in [1.29, 1.82) is 0 Å². The number of hydrogen-bond acceptors (Lipinski definition) is 6. The number of ether oxygens (including phenoxy) is 1. The molecule has 9 heteroatoms. The molecular weight excluding hydrogens is 362 g/mol. The van der Waals surface area contributed by atoms with Gasteiger partial charge in [-0.05, 0) is 37.1 Å². The van der Waals surface area contributed by atoms with E-state index in [9.17, 15) is 14.4 Å². The second-order valence-corrected chi connectivity index (χ2v) is 7.12. The van der Waals surface area contributed by atoms with Crippen molar-refractivity contribution in [2.45, 2.75) is 44.8 Å². The van der Waals surface area contributed by atoms with Crippen molar-refractivity contribution in [2.75, 3.05) is 18.6 Å². The fraction of sp³-hybridized carbons (Fsp3) is 0.474. The Morgan fingerprint density at radius 3 is 2.54 bits per heavy atom. The number of amides is 1. The van der Waals surface area contributed by atoms with Crippen molar-refractivity contribution >= 4 is 17.5 Å². The molecule has 4 rings (SSSR count). The van der Waals surface area contributed by atoms with Crippen LogP contribution >= 0.6 is 0 Å². The molecule has 28 heavy (non-hydrogen) atoms. The van der Waals surface area contributed by atoms with Crippen LogP contribution < -0.4 is 26.1 Å². The van der Waals surface area contributed by atoms with Gasteiger partial charge in [-0.1, -0.05) is 12.8 Å². The van der Waals surface area contributed by atoms with Crippen LogP contribution in [0.2, 0.25) is 0 Å². The zero-order valence-corrected chi connectivity index (χ0v) is 15.8. The number of methoxy groups -OCH3 is 1. The summed E-state index contributed by atoms with van der Waals surface area (Å²) in [5, 5.41) is 7.25. The highest BCUT2D eigenvalue weighted by molar-refractivity contribution is 5.76. The van der Waals surface area contributed by atoms with E-state index in [1.807, 2.05) is 29.2 Å². The SMILES string of the molecule is COc1ccc(N2CCn3c2nn(CC(=O)NC2CCCC2)c(=O)c3=O)cc1. The van der Waals surface area contributed by atoms with Crippen LogP contribution in [-0.2, 0) is 17.9 Å². The van der Waals surface area contributed by atoms with Gasteiger partial charge in [-0.3, -0.25) is 19.0 Å². The van der Waals surface area contributed by atoms with Gasteiger partial charge < -0.3 is 15.0 Å². The molecule has 0 radical (unpaired) electrons. The maximum absolute atomic E-state index is 12.5. The lowest BCUT2D eigenvalue weighted by atomic mass is 10.2. The van der Waals surface area contributed by atoms with Crippen LogP contribution in [0.25, 0.3) is 0 Å². The van der Waals surface area contributed by atoms with Crippen LogP contribution in [0.3, 0.4) is 0 Å². The Kier molecular flexibility index (Phi) is 4.89. The summed E-state index contributed by atoms with van der Waals surface area (Å²) in [6.07, 6.45) is 4.10. The molecule has 2 aliphatic rings. The number of nitrogens with zero attached hydrogens (tertiary/aromatic N) is 4. The summed E-state index contributed by atoms with van der Waals surface area (Å²) in [7, 11) is 1.59. The zero-order valence-electron chi connectivity index (χ0n) is 15.8. The molecule has 2 heterocycles. The van der Waals surface area contributed by atoms with E-state index in [4.69, 9.17) is 4.74 Å². The lowest BCUT2D eigenvalue weighted by Crippen LogP contribution is -2.45. The van der Waals surface area contributed by atoms with Crippen LogP contribution in [0.4, 0.5) is 11.6 Å². The maximum atomic E-state index is 12.5. The number of anilines is 2. The van der Waals surface area contributed by atoms with Gasteiger partial charge in [-0.2, -0.15) is 0 Å². The molecule has 1 saturated carbocycles. The molecule has 1 fully saturated rings. The smallest absolute Gasteiger partial charge is 0.333 e. The average Bonchev–Trinajstić information content (AvgIpc) is 3.36. The number of carbonyl (C=O) groups is 1. The van der Waals surface area contributed by atoms with Gasteiger partial charge in [0.1, 0.15) is 12.3 Å². The molecule has 148 valence electrons. The van der Waals surface area contributed by atoms with E-state index in [1.165, 1.54) is 4.57 Å². The van der Waals surface area contributed by atoms with Crippen LogP contribution in [0, 0.1) is 0 Å². The minimum Gasteiger partial charge on any atom is -0.497 e. The molecule has 9 nitrogen and oxygen atoms in total. The van der Waals surface area contributed by atoms with Crippen molar-refractivity contribution < 1.29 is 9.53 Å². The third-order valence-electron chi connectivity index (χ3n) is 5.30. The predicted octanol–water partition coefficient (Wildman–Crippen LogP) is 0.624. The van der Waals surface area contributed by atoms with Crippen molar-refractivity contribution in [3.05, 3.63) is 45.0 Å². The first-order valence-corrected chi connectivity index (χ1v) is 9.50. The molecule has 1 aliphatic carbocycles. The van der Waals surface area contributed by atoms with Gasteiger partial charge in [0.15, 0.2) is 0 Å².